The van der Waals surface area contributed by atoms with E-state index >= 15 is 0 Å². The number of hydrogen-bond donors (Lipinski definition) is 6. The Bertz CT molecular complexity index is 936. The van der Waals surface area contributed by atoms with Crippen molar-refractivity contribution in [1.82, 2.24) is 5.32 Å². The molecule has 0 radical (unpaired) electrons. The molecule has 6 N–H and O–H groups in total. The van der Waals surface area contributed by atoms with E-state index in [9.17, 15) is 30.3 Å². The summed E-state index contributed by atoms with van der Waals surface area (Å²) in [5, 5.41) is 53.9. The van der Waals surface area contributed by atoms with Gasteiger partial charge in [-0.05, 0) is 64.2 Å². The topological polar surface area (TPSA) is 149 Å². The van der Waals surface area contributed by atoms with Crippen LogP contribution in [0.15, 0.2) is 48.6 Å². The van der Waals surface area contributed by atoms with Gasteiger partial charge in [-0.15, -0.1) is 0 Å². The van der Waals surface area contributed by atoms with Crippen LogP contribution in [0.2, 0.25) is 0 Å². The predicted octanol–water partition coefficient (Wildman–Crippen LogP) is 7.50. The molecule has 1 rings (SSSR count). The summed E-state index contributed by atoms with van der Waals surface area (Å²) in [5.74, 6) is -0.200. The van der Waals surface area contributed by atoms with Crippen LogP contribution in [0.5, 0.6) is 0 Å². The maximum absolute atomic E-state index is 12.9. The molecule has 1 heterocycles. The molecule has 0 saturated carbocycles. The van der Waals surface area contributed by atoms with Crippen molar-refractivity contribution < 1.29 is 39.8 Å². The number of allylic oxidation sites excluding steroid dienone is 7. The third-order valence-electron chi connectivity index (χ3n) is 9.38. The summed E-state index contributed by atoms with van der Waals surface area (Å²) in [5.41, 5.74) is 0. The lowest BCUT2D eigenvalue weighted by molar-refractivity contribution is -0.302. The van der Waals surface area contributed by atoms with Gasteiger partial charge in [0, 0.05) is 6.42 Å². The largest absolute Gasteiger partial charge is 0.394 e. The average molecular weight is 722 g/mol. The summed E-state index contributed by atoms with van der Waals surface area (Å²) in [6.45, 7) is 3.67. The molecule has 0 aromatic rings. The minimum Gasteiger partial charge on any atom is -0.394 e. The molecular formula is C42H75NO8. The Morgan fingerprint density at radius 1 is 0.667 bits per heavy atom. The Kier molecular flexibility index (Phi) is 30.3. The monoisotopic (exact) mass is 722 g/mol. The first-order valence-electron chi connectivity index (χ1n) is 20.4. The van der Waals surface area contributed by atoms with Crippen LogP contribution in [-0.4, -0.2) is 87.5 Å². The zero-order valence-electron chi connectivity index (χ0n) is 32.1. The van der Waals surface area contributed by atoms with Crippen molar-refractivity contribution in [3.05, 3.63) is 48.6 Å². The number of rotatable bonds is 32. The third kappa shape index (κ3) is 24.2. The van der Waals surface area contributed by atoms with Crippen LogP contribution in [0.25, 0.3) is 0 Å². The van der Waals surface area contributed by atoms with Crippen molar-refractivity contribution in [1.29, 1.82) is 0 Å². The molecule has 7 unspecified atom stereocenters. The van der Waals surface area contributed by atoms with E-state index in [-0.39, 0.29) is 12.5 Å². The number of unbranched alkanes of at least 4 members (excludes halogenated alkanes) is 16. The summed E-state index contributed by atoms with van der Waals surface area (Å²) in [6, 6.07) is -0.823. The smallest absolute Gasteiger partial charge is 0.220 e. The van der Waals surface area contributed by atoms with Gasteiger partial charge < -0.3 is 40.3 Å². The average Bonchev–Trinajstić information content (AvgIpc) is 3.13. The molecule has 0 aromatic carbocycles. The SMILES string of the molecule is CCCCCC/C=C\C/C=C\CCCCCCCCCC(=O)NC(COC1OC(CO)C(O)C(O)C1O)C(O)/C=C/CC/C=C/CCCCCC. The van der Waals surface area contributed by atoms with E-state index in [1.165, 1.54) is 77.0 Å². The van der Waals surface area contributed by atoms with E-state index in [1.54, 1.807) is 6.08 Å². The number of carbonyl (C=O) groups is 1. The highest BCUT2D eigenvalue weighted by Gasteiger charge is 2.44. The Balaban J connectivity index is 2.41. The van der Waals surface area contributed by atoms with Crippen LogP contribution in [0.3, 0.4) is 0 Å². The van der Waals surface area contributed by atoms with Crippen LogP contribution >= 0.6 is 0 Å². The van der Waals surface area contributed by atoms with E-state index in [0.717, 1.165) is 57.8 Å². The van der Waals surface area contributed by atoms with Crippen molar-refractivity contribution in [2.45, 2.75) is 198 Å². The van der Waals surface area contributed by atoms with Gasteiger partial charge in [-0.25, -0.2) is 0 Å². The van der Waals surface area contributed by atoms with Crippen molar-refractivity contribution in [3.8, 4) is 0 Å². The van der Waals surface area contributed by atoms with Gasteiger partial charge in [0.25, 0.3) is 0 Å². The summed E-state index contributed by atoms with van der Waals surface area (Å²) < 4.78 is 11.1. The molecule has 0 bridgehead atoms. The van der Waals surface area contributed by atoms with Crippen LogP contribution in [-0.2, 0) is 14.3 Å². The lowest BCUT2D eigenvalue weighted by atomic mass is 9.99. The Morgan fingerprint density at radius 2 is 1.18 bits per heavy atom. The predicted molar refractivity (Wildman–Crippen MR) is 207 cm³/mol. The maximum Gasteiger partial charge on any atom is 0.220 e. The number of hydrogen-bond acceptors (Lipinski definition) is 8. The van der Waals surface area contributed by atoms with E-state index < -0.39 is 49.5 Å². The normalized spacial score (nSPS) is 22.5. The second kappa shape index (κ2) is 32.8. The number of aliphatic hydroxyl groups is 5. The molecule has 0 aliphatic carbocycles. The highest BCUT2D eigenvalue weighted by Crippen LogP contribution is 2.22. The summed E-state index contributed by atoms with van der Waals surface area (Å²) in [4.78, 5) is 12.9. The molecule has 7 atom stereocenters. The highest BCUT2D eigenvalue weighted by molar-refractivity contribution is 5.76. The first-order valence-corrected chi connectivity index (χ1v) is 20.4. The van der Waals surface area contributed by atoms with Gasteiger partial charge in [0.1, 0.15) is 24.4 Å². The van der Waals surface area contributed by atoms with Gasteiger partial charge >= 0.3 is 0 Å². The zero-order chi connectivity index (χ0) is 37.4. The fourth-order valence-corrected chi connectivity index (χ4v) is 6.02. The molecule has 1 fully saturated rings. The quantitative estimate of drug-likeness (QED) is 0.0309. The molecule has 0 aromatic heterocycles. The second-order valence-electron chi connectivity index (χ2n) is 14.1. The molecule has 9 heteroatoms. The second-order valence-corrected chi connectivity index (χ2v) is 14.1. The van der Waals surface area contributed by atoms with E-state index in [0.29, 0.717) is 6.42 Å². The van der Waals surface area contributed by atoms with Crippen LogP contribution < -0.4 is 5.32 Å². The lowest BCUT2D eigenvalue weighted by Gasteiger charge is -2.40. The zero-order valence-corrected chi connectivity index (χ0v) is 32.1. The summed E-state index contributed by atoms with van der Waals surface area (Å²) in [7, 11) is 0. The van der Waals surface area contributed by atoms with Gasteiger partial charge in [0.05, 0.1) is 25.4 Å². The van der Waals surface area contributed by atoms with E-state index in [4.69, 9.17) is 9.47 Å². The van der Waals surface area contributed by atoms with Gasteiger partial charge in [0.15, 0.2) is 6.29 Å². The van der Waals surface area contributed by atoms with Gasteiger partial charge in [-0.2, -0.15) is 0 Å². The Morgan fingerprint density at radius 3 is 1.76 bits per heavy atom. The number of nitrogens with one attached hydrogen (secondary N) is 1. The van der Waals surface area contributed by atoms with Crippen LogP contribution in [0.4, 0.5) is 0 Å². The number of carbonyl (C=O) groups excluding carboxylic acids is 1. The Labute approximate surface area is 310 Å². The molecule has 1 saturated heterocycles. The van der Waals surface area contributed by atoms with E-state index in [2.05, 4.69) is 55.6 Å². The molecule has 1 amide bonds. The van der Waals surface area contributed by atoms with Crippen LogP contribution in [0.1, 0.15) is 155 Å². The fourth-order valence-electron chi connectivity index (χ4n) is 6.02. The Hall–Kier alpha value is -1.85. The first kappa shape index (κ1) is 47.2. The standard InChI is InChI=1S/C42H75NO8/c1-3-5-7-9-11-13-15-16-17-18-19-20-21-22-24-26-28-30-32-38(46)43-35(34-50-42-41(49)40(48)39(47)37(33-44)51-42)36(45)31-29-27-25-23-14-12-10-8-6-4-2/h13-15,17-18,23,29,31,35-37,39-42,44-45,47-49H,3-12,16,19-22,24-28,30,32-34H2,1-2H3,(H,43,46)/b15-13-,18-17-,23-14+,31-29+. The van der Waals surface area contributed by atoms with Crippen LogP contribution in [0, 0.1) is 0 Å². The summed E-state index contributed by atoms with van der Waals surface area (Å²) >= 11 is 0. The fraction of sp³-hybridized carbons (Fsp3) is 0.786. The summed E-state index contributed by atoms with van der Waals surface area (Å²) in [6.07, 6.45) is 33.0. The van der Waals surface area contributed by atoms with Crippen molar-refractivity contribution in [3.63, 3.8) is 0 Å². The van der Waals surface area contributed by atoms with Crippen molar-refractivity contribution >= 4 is 5.91 Å². The van der Waals surface area contributed by atoms with E-state index in [1.807, 2.05) is 6.08 Å². The molecule has 296 valence electrons. The number of amides is 1. The molecule has 51 heavy (non-hydrogen) atoms. The van der Waals surface area contributed by atoms with Gasteiger partial charge in [-0.3, -0.25) is 4.79 Å². The maximum atomic E-state index is 12.9. The van der Waals surface area contributed by atoms with Gasteiger partial charge in [-0.1, -0.05) is 133 Å². The minimum absolute atomic E-state index is 0.200. The molecule has 0 spiro atoms. The van der Waals surface area contributed by atoms with Gasteiger partial charge in [0.2, 0.25) is 5.91 Å². The molecule has 1 aliphatic heterocycles. The molecular weight excluding hydrogens is 646 g/mol. The molecule has 9 nitrogen and oxygen atoms in total. The number of aliphatic hydroxyl groups excluding tert-OH is 5. The number of ether oxygens (including phenoxy) is 2. The van der Waals surface area contributed by atoms with Crippen molar-refractivity contribution in [2.75, 3.05) is 13.2 Å². The highest BCUT2D eigenvalue weighted by atomic mass is 16.7. The minimum atomic E-state index is -1.57. The first-order chi connectivity index (χ1) is 24.8. The molecule has 1 aliphatic rings. The third-order valence-corrected chi connectivity index (χ3v) is 9.38. The lowest BCUT2D eigenvalue weighted by Crippen LogP contribution is -2.60. The van der Waals surface area contributed by atoms with Crippen molar-refractivity contribution in [2.24, 2.45) is 0 Å².